The lowest BCUT2D eigenvalue weighted by Gasteiger charge is -2.39. The highest BCUT2D eigenvalue weighted by molar-refractivity contribution is 6.36. The second-order valence-electron chi connectivity index (χ2n) is 17.8. The van der Waals surface area contributed by atoms with Crippen molar-refractivity contribution in [3.63, 3.8) is 0 Å². The lowest BCUT2D eigenvalue weighted by molar-refractivity contribution is -0.140. The van der Waals surface area contributed by atoms with Gasteiger partial charge in [0.05, 0.1) is 39.9 Å². The zero-order chi connectivity index (χ0) is 43.9. The Bertz CT molecular complexity index is 2500. The van der Waals surface area contributed by atoms with Crippen molar-refractivity contribution in [3.05, 3.63) is 111 Å². The largest absolute Gasteiger partial charge is 0.388 e. The molecular weight excluding hydrogens is 816 g/mol. The molecule has 1 aliphatic carbocycles. The lowest BCUT2D eigenvalue weighted by Crippen LogP contribution is -2.51. The summed E-state index contributed by atoms with van der Waals surface area (Å²) in [6.07, 6.45) is 9.41. The van der Waals surface area contributed by atoms with E-state index in [1.54, 1.807) is 24.3 Å². The van der Waals surface area contributed by atoms with E-state index in [1.807, 2.05) is 47.4 Å². The maximum absolute atomic E-state index is 14.2. The number of aryl methyl sites for hydroxylation is 1. The fourth-order valence-electron chi connectivity index (χ4n) is 9.33. The number of nitrogens with one attached hydrogen (secondary N) is 2. The number of halogens is 1. The third kappa shape index (κ3) is 10.9. The van der Waals surface area contributed by atoms with Crippen LogP contribution in [0.2, 0.25) is 5.02 Å². The molecule has 3 aliphatic rings. The molecule has 0 bridgehead atoms. The number of likely N-dealkylation sites (N-methyl/N-ethyl adjacent to an activating group) is 1. The zero-order valence-corrected chi connectivity index (χ0v) is 37.0. The van der Waals surface area contributed by atoms with Crippen LogP contribution in [0.5, 0.6) is 0 Å². The van der Waals surface area contributed by atoms with Crippen LogP contribution < -0.4 is 16.2 Å². The molecule has 13 nitrogen and oxygen atoms in total. The van der Waals surface area contributed by atoms with Gasteiger partial charge in [0, 0.05) is 87.0 Å². The SMILES string of the molecule is CN1CCN(CCC(=O)Nc2ccc3c(=O)n(CC4(O)CCN(C(=O)C(CCCNC(=O)c5ccc6c(Cl)c7c(nc6c5)CCCCC7)Cc5ccccc5)CC4)cnc3c2)CC1. The van der Waals surface area contributed by atoms with Gasteiger partial charge in [-0.05, 0) is 106 Å². The molecule has 332 valence electrons. The number of aliphatic hydroxyl groups is 1. The summed E-state index contributed by atoms with van der Waals surface area (Å²) in [6, 6.07) is 20.6. The van der Waals surface area contributed by atoms with Crippen LogP contribution >= 0.6 is 11.6 Å². The summed E-state index contributed by atoms with van der Waals surface area (Å²) >= 11 is 6.83. The van der Waals surface area contributed by atoms with Gasteiger partial charge in [0.25, 0.3) is 11.5 Å². The van der Waals surface area contributed by atoms with Crippen molar-refractivity contribution in [3.8, 4) is 0 Å². The molecule has 0 radical (unpaired) electrons. The van der Waals surface area contributed by atoms with Gasteiger partial charge in [-0.25, -0.2) is 4.98 Å². The summed E-state index contributed by atoms with van der Waals surface area (Å²) in [7, 11) is 2.10. The van der Waals surface area contributed by atoms with Gasteiger partial charge in [-0.2, -0.15) is 0 Å². The number of nitrogens with zero attached hydrogens (tertiary/aromatic N) is 6. The number of amides is 3. The molecule has 2 aromatic heterocycles. The predicted molar refractivity (Wildman–Crippen MR) is 247 cm³/mol. The third-order valence-corrected chi connectivity index (χ3v) is 13.7. The van der Waals surface area contributed by atoms with Crippen LogP contribution in [-0.4, -0.2) is 117 Å². The van der Waals surface area contributed by atoms with Gasteiger partial charge >= 0.3 is 0 Å². The number of carbonyl (C=O) groups is 3. The summed E-state index contributed by atoms with van der Waals surface area (Å²) in [4.78, 5) is 69.6. The van der Waals surface area contributed by atoms with Gasteiger partial charge in [0.2, 0.25) is 11.8 Å². The predicted octanol–water partition coefficient (Wildman–Crippen LogP) is 5.87. The number of rotatable bonds is 14. The van der Waals surface area contributed by atoms with Crippen molar-refractivity contribution >= 4 is 56.8 Å². The Labute approximate surface area is 373 Å². The maximum Gasteiger partial charge on any atom is 0.261 e. The highest BCUT2D eigenvalue weighted by atomic mass is 35.5. The van der Waals surface area contributed by atoms with Gasteiger partial charge in [0.15, 0.2) is 0 Å². The van der Waals surface area contributed by atoms with Crippen molar-refractivity contribution in [2.75, 3.05) is 64.7 Å². The number of aromatic nitrogens is 3. The molecule has 1 atom stereocenters. The van der Waals surface area contributed by atoms with Crippen molar-refractivity contribution in [2.45, 2.75) is 82.8 Å². The average molecular weight is 876 g/mol. The first kappa shape index (κ1) is 44.4. The van der Waals surface area contributed by atoms with Crippen molar-refractivity contribution in [2.24, 2.45) is 5.92 Å². The molecule has 2 saturated heterocycles. The Morgan fingerprint density at radius 3 is 2.44 bits per heavy atom. The molecule has 1 unspecified atom stereocenters. The third-order valence-electron chi connectivity index (χ3n) is 13.2. The van der Waals surface area contributed by atoms with Gasteiger partial charge in [-0.15, -0.1) is 0 Å². The van der Waals surface area contributed by atoms with E-state index < -0.39 is 5.60 Å². The minimum atomic E-state index is -1.20. The number of fused-ring (bicyclic) bond motifs is 3. The summed E-state index contributed by atoms with van der Waals surface area (Å²) in [5.74, 6) is -0.557. The van der Waals surface area contributed by atoms with Crippen LogP contribution in [0.3, 0.4) is 0 Å². The fraction of sp³-hybridized carbons (Fsp3) is 0.469. The molecule has 63 heavy (non-hydrogen) atoms. The first-order valence-corrected chi connectivity index (χ1v) is 23.0. The standard InChI is InChI=1S/C49H59ClN8O5/c1-55-25-27-56(28-26-55)22-18-44(59)53-37-15-17-40-42(31-37)52-33-58(48(40)62)32-49(63)19-23-57(24-20-49)47(61)36(29-34-9-4-2-5-10-34)11-8-21-51-46(60)35-14-16-39-43(30-35)54-41-13-7-3-6-12-38(41)45(39)50/h2,4-5,9-10,14-17,30-31,33,36,63H,3,6-8,11-13,18-29,32H2,1H3,(H,51,60)(H,53,59). The van der Waals surface area contributed by atoms with E-state index in [1.165, 1.54) is 10.9 Å². The lowest BCUT2D eigenvalue weighted by atomic mass is 9.88. The van der Waals surface area contributed by atoms with E-state index in [4.69, 9.17) is 16.6 Å². The number of likely N-dealkylation sites (tertiary alicyclic amines) is 1. The first-order valence-electron chi connectivity index (χ1n) is 22.7. The molecular formula is C49H59ClN8O5. The van der Waals surface area contributed by atoms with Crippen molar-refractivity contribution in [1.29, 1.82) is 0 Å². The minimum absolute atomic E-state index is 0.0237. The van der Waals surface area contributed by atoms with Crippen molar-refractivity contribution in [1.82, 2.24) is 34.6 Å². The number of hydrogen-bond donors (Lipinski definition) is 3. The second kappa shape index (κ2) is 20.1. The Balaban J connectivity index is 0.845. The maximum atomic E-state index is 14.2. The monoisotopic (exact) mass is 874 g/mol. The van der Waals surface area contributed by atoms with E-state index >= 15 is 0 Å². The van der Waals surface area contributed by atoms with Gasteiger partial charge in [-0.1, -0.05) is 54.4 Å². The average Bonchev–Trinajstić information content (AvgIpc) is 3.54. The minimum Gasteiger partial charge on any atom is -0.388 e. The number of pyridine rings is 1. The molecule has 3 aromatic carbocycles. The van der Waals surface area contributed by atoms with E-state index in [-0.39, 0.29) is 35.7 Å². The molecule has 0 spiro atoms. The van der Waals surface area contributed by atoms with Crippen LogP contribution in [0.15, 0.2) is 77.9 Å². The summed E-state index contributed by atoms with van der Waals surface area (Å²) < 4.78 is 1.44. The summed E-state index contributed by atoms with van der Waals surface area (Å²) in [6.45, 7) is 5.77. The molecule has 8 rings (SSSR count). The van der Waals surface area contributed by atoms with Crippen LogP contribution in [0.1, 0.15) is 78.5 Å². The van der Waals surface area contributed by atoms with Gasteiger partial charge in [0.1, 0.15) is 0 Å². The van der Waals surface area contributed by atoms with E-state index in [0.29, 0.717) is 86.9 Å². The highest BCUT2D eigenvalue weighted by Gasteiger charge is 2.36. The number of anilines is 1. The number of benzene rings is 3. The molecule has 2 fully saturated rings. The quantitative estimate of drug-likeness (QED) is 0.0920. The second-order valence-corrected chi connectivity index (χ2v) is 18.2. The van der Waals surface area contributed by atoms with E-state index in [2.05, 4.69) is 32.5 Å². The summed E-state index contributed by atoms with van der Waals surface area (Å²) in [5, 5.41) is 19.7. The number of hydrogen-bond acceptors (Lipinski definition) is 9. The van der Waals surface area contributed by atoms with Gasteiger partial charge in [-0.3, -0.25) is 28.7 Å². The molecule has 4 heterocycles. The Morgan fingerprint density at radius 2 is 1.65 bits per heavy atom. The highest BCUT2D eigenvalue weighted by Crippen LogP contribution is 2.33. The molecule has 14 heteroatoms. The molecule has 2 aliphatic heterocycles. The van der Waals surface area contributed by atoms with Crippen LogP contribution in [-0.2, 0) is 35.4 Å². The van der Waals surface area contributed by atoms with E-state index in [9.17, 15) is 24.3 Å². The van der Waals surface area contributed by atoms with E-state index in [0.717, 1.165) is 91.0 Å². The fourth-order valence-corrected chi connectivity index (χ4v) is 9.69. The Kier molecular flexibility index (Phi) is 14.2. The number of piperidine rings is 1. The molecule has 3 amide bonds. The number of carbonyl (C=O) groups excluding carboxylic acids is 3. The Morgan fingerprint density at radius 1 is 0.889 bits per heavy atom. The Hall–Kier alpha value is -5.21. The topological polar surface area (TPSA) is 153 Å². The zero-order valence-electron chi connectivity index (χ0n) is 36.3. The normalized spacial score (nSPS) is 17.5. The summed E-state index contributed by atoms with van der Waals surface area (Å²) in [5.41, 5.74) is 4.08. The van der Waals surface area contributed by atoms with Crippen LogP contribution in [0, 0.1) is 5.92 Å². The van der Waals surface area contributed by atoms with Crippen molar-refractivity contribution < 1.29 is 19.5 Å². The molecule has 3 N–H and O–H groups in total. The van der Waals surface area contributed by atoms with Crippen LogP contribution in [0.4, 0.5) is 5.69 Å². The number of piperazine rings is 1. The first-order chi connectivity index (χ1) is 30.5. The van der Waals surface area contributed by atoms with Crippen LogP contribution in [0.25, 0.3) is 21.8 Å². The molecule has 0 saturated carbocycles. The molecule has 5 aromatic rings. The van der Waals surface area contributed by atoms with Gasteiger partial charge < -0.3 is 30.4 Å². The smallest absolute Gasteiger partial charge is 0.261 e.